The smallest absolute Gasteiger partial charge is 0.0110 e. The number of piperidine rings is 1. The molecule has 0 radical (unpaired) electrons. The van der Waals surface area contributed by atoms with Crippen molar-refractivity contribution in [2.24, 2.45) is 29.6 Å². The molecule has 5 aliphatic rings. The molecule has 2 fully saturated rings. The molecule has 5 rings (SSSR count). The van der Waals surface area contributed by atoms with Crippen LogP contribution in [0.25, 0.3) is 0 Å². The predicted molar refractivity (Wildman–Crippen MR) is 188 cm³/mol. The van der Waals surface area contributed by atoms with Gasteiger partial charge >= 0.3 is 0 Å². The van der Waals surface area contributed by atoms with Gasteiger partial charge < -0.3 is 14.7 Å². The Bertz CT molecular complexity index is 920. The van der Waals surface area contributed by atoms with Crippen LogP contribution >= 0.6 is 0 Å². The number of likely N-dealkylation sites (N-methyl/N-ethyl adjacent to an activating group) is 1. The molecule has 0 spiro atoms. The summed E-state index contributed by atoms with van der Waals surface area (Å²) in [6.45, 7) is 22.3. The maximum atomic E-state index is 4.63. The second-order valence-electron chi connectivity index (χ2n) is 14.1. The zero-order chi connectivity index (χ0) is 30.3. The van der Waals surface area contributed by atoms with Gasteiger partial charge in [0.05, 0.1) is 0 Å². The van der Waals surface area contributed by atoms with Gasteiger partial charge in [-0.1, -0.05) is 81.0 Å². The highest BCUT2D eigenvalue weighted by Crippen LogP contribution is 2.38. The van der Waals surface area contributed by atoms with E-state index >= 15 is 0 Å². The summed E-state index contributed by atoms with van der Waals surface area (Å²) in [4.78, 5) is 8.14. The van der Waals surface area contributed by atoms with E-state index in [0.717, 1.165) is 29.6 Å². The van der Waals surface area contributed by atoms with Crippen molar-refractivity contribution in [1.82, 2.24) is 14.7 Å². The van der Waals surface area contributed by atoms with Crippen molar-refractivity contribution < 1.29 is 0 Å². The van der Waals surface area contributed by atoms with Crippen molar-refractivity contribution in [3.8, 4) is 0 Å². The van der Waals surface area contributed by atoms with E-state index in [4.69, 9.17) is 0 Å². The maximum absolute atomic E-state index is 4.63. The first-order valence-electron chi connectivity index (χ1n) is 18.7. The molecule has 3 nitrogen and oxygen atoms in total. The number of likely N-dealkylation sites (tertiary alicyclic amines) is 1. The van der Waals surface area contributed by atoms with Gasteiger partial charge in [0.15, 0.2) is 0 Å². The molecule has 5 atom stereocenters. The van der Waals surface area contributed by atoms with Crippen molar-refractivity contribution >= 4 is 0 Å². The summed E-state index contributed by atoms with van der Waals surface area (Å²) in [6.07, 6.45) is 34.4. The van der Waals surface area contributed by atoms with Gasteiger partial charge in [-0.05, 0) is 133 Å². The van der Waals surface area contributed by atoms with Gasteiger partial charge in [0, 0.05) is 39.3 Å². The van der Waals surface area contributed by atoms with E-state index in [-0.39, 0.29) is 0 Å². The third kappa shape index (κ3) is 11.2. The van der Waals surface area contributed by atoms with Gasteiger partial charge in [-0.25, -0.2) is 0 Å². The first-order chi connectivity index (χ1) is 21.2. The van der Waals surface area contributed by atoms with E-state index in [1.54, 1.807) is 11.1 Å². The molecular formula is C40H67N3. The third-order valence-electron chi connectivity index (χ3n) is 11.2. The van der Waals surface area contributed by atoms with Crippen molar-refractivity contribution in [1.29, 1.82) is 0 Å². The van der Waals surface area contributed by atoms with Gasteiger partial charge in [0.2, 0.25) is 0 Å². The molecule has 4 unspecified atom stereocenters. The maximum Gasteiger partial charge on any atom is 0.0110 e. The topological polar surface area (TPSA) is 9.72 Å². The van der Waals surface area contributed by atoms with Gasteiger partial charge in [-0.3, -0.25) is 0 Å². The molecule has 2 saturated heterocycles. The minimum Gasteiger partial charge on any atom is -0.303 e. The summed E-state index contributed by atoms with van der Waals surface area (Å²) < 4.78 is 0. The highest BCUT2D eigenvalue weighted by molar-refractivity contribution is 5.15. The van der Waals surface area contributed by atoms with E-state index < -0.39 is 0 Å². The molecule has 3 aliphatic carbocycles. The van der Waals surface area contributed by atoms with Crippen LogP contribution in [0.3, 0.4) is 0 Å². The van der Waals surface area contributed by atoms with E-state index in [1.165, 1.54) is 142 Å². The SMILES string of the molecule is C=C(CCCN1CCN(CC)CC1)[C@@H]1CCC=C(CC2CCCN(CC(C3C=CC=CCC3)C3C=CCCC3)C2)C1.CC. The molecule has 242 valence electrons. The van der Waals surface area contributed by atoms with Crippen LogP contribution in [0.15, 0.2) is 60.3 Å². The summed E-state index contributed by atoms with van der Waals surface area (Å²) in [6, 6.07) is 0. The molecule has 43 heavy (non-hydrogen) atoms. The molecule has 2 heterocycles. The summed E-state index contributed by atoms with van der Waals surface area (Å²) in [5.74, 6) is 3.85. The van der Waals surface area contributed by atoms with Crippen LogP contribution in [0.4, 0.5) is 0 Å². The number of piperazine rings is 1. The Balaban J connectivity index is 0.00000207. The third-order valence-corrected chi connectivity index (χ3v) is 11.2. The zero-order valence-electron chi connectivity index (χ0n) is 28.5. The standard InChI is InChI=1S/C38H61N3.C2H6/c1-3-39-24-26-40(27-25-39)22-12-14-32(2)37-21-11-15-33(29-37)28-34-16-13-23-41(30-34)31-38(36-19-9-6-10-20-36)35-17-7-4-5-8-18-35;1-2/h4-5,7,9,15,17,19,34-38H,2-3,6,8,10-14,16,18,20-31H2,1H3;1-2H3/t34?,35?,36?,37-,38?;/m1./s1. The van der Waals surface area contributed by atoms with Crippen LogP contribution in [0.2, 0.25) is 0 Å². The molecule has 0 bridgehead atoms. The van der Waals surface area contributed by atoms with Gasteiger partial charge in [0.25, 0.3) is 0 Å². The van der Waals surface area contributed by atoms with Crippen LogP contribution in [-0.2, 0) is 0 Å². The van der Waals surface area contributed by atoms with E-state index in [9.17, 15) is 0 Å². The second-order valence-corrected chi connectivity index (χ2v) is 14.1. The zero-order valence-corrected chi connectivity index (χ0v) is 28.5. The largest absolute Gasteiger partial charge is 0.303 e. The molecule has 0 aromatic carbocycles. The van der Waals surface area contributed by atoms with E-state index in [0.29, 0.717) is 0 Å². The second kappa shape index (κ2) is 19.2. The number of nitrogens with zero attached hydrogens (tertiary/aromatic N) is 3. The Morgan fingerprint density at radius 1 is 0.837 bits per heavy atom. The lowest BCUT2D eigenvalue weighted by molar-refractivity contribution is 0.115. The van der Waals surface area contributed by atoms with Gasteiger partial charge in [0.1, 0.15) is 0 Å². The Morgan fingerprint density at radius 3 is 2.44 bits per heavy atom. The molecule has 3 heteroatoms. The summed E-state index contributed by atoms with van der Waals surface area (Å²) in [7, 11) is 0. The Hall–Kier alpha value is -1.42. The summed E-state index contributed by atoms with van der Waals surface area (Å²) in [5.41, 5.74) is 3.30. The molecule has 0 N–H and O–H groups in total. The molecular weight excluding hydrogens is 522 g/mol. The van der Waals surface area contributed by atoms with Gasteiger partial charge in [-0.2, -0.15) is 0 Å². The van der Waals surface area contributed by atoms with Crippen LogP contribution < -0.4 is 0 Å². The summed E-state index contributed by atoms with van der Waals surface area (Å²) >= 11 is 0. The highest BCUT2D eigenvalue weighted by Gasteiger charge is 2.31. The lowest BCUT2D eigenvalue weighted by Gasteiger charge is -2.40. The number of hydrogen-bond donors (Lipinski definition) is 0. The summed E-state index contributed by atoms with van der Waals surface area (Å²) in [5, 5.41) is 0. The highest BCUT2D eigenvalue weighted by atomic mass is 15.3. The Morgan fingerprint density at radius 2 is 1.65 bits per heavy atom. The minimum atomic E-state index is 0.727. The number of hydrogen-bond acceptors (Lipinski definition) is 3. The average Bonchev–Trinajstić information content (AvgIpc) is 3.35. The fourth-order valence-electron chi connectivity index (χ4n) is 8.63. The van der Waals surface area contributed by atoms with Crippen molar-refractivity contribution in [3.05, 3.63) is 60.3 Å². The normalized spacial score (nSPS) is 29.8. The molecule has 0 saturated carbocycles. The van der Waals surface area contributed by atoms with Crippen molar-refractivity contribution in [3.63, 3.8) is 0 Å². The van der Waals surface area contributed by atoms with Gasteiger partial charge in [-0.15, -0.1) is 0 Å². The quantitative estimate of drug-likeness (QED) is 0.210. The molecule has 0 aromatic heterocycles. The number of allylic oxidation sites excluding steroid dienone is 9. The fourth-order valence-corrected chi connectivity index (χ4v) is 8.63. The fraction of sp³-hybridized carbons (Fsp3) is 0.750. The molecule has 2 aliphatic heterocycles. The van der Waals surface area contributed by atoms with Crippen LogP contribution in [-0.4, -0.2) is 73.6 Å². The Kier molecular flexibility index (Phi) is 15.4. The van der Waals surface area contributed by atoms with E-state index in [2.05, 4.69) is 70.7 Å². The Labute approximate surface area is 267 Å². The molecule has 0 aromatic rings. The van der Waals surface area contributed by atoms with E-state index in [1.807, 2.05) is 13.8 Å². The van der Waals surface area contributed by atoms with Crippen molar-refractivity contribution in [2.45, 2.75) is 104 Å². The van der Waals surface area contributed by atoms with Crippen LogP contribution in [0, 0.1) is 29.6 Å². The first-order valence-corrected chi connectivity index (χ1v) is 18.7. The lowest BCUT2D eigenvalue weighted by Crippen LogP contribution is -2.46. The number of rotatable bonds is 12. The average molecular weight is 590 g/mol. The lowest BCUT2D eigenvalue weighted by atomic mass is 9.74. The predicted octanol–water partition coefficient (Wildman–Crippen LogP) is 9.31. The molecule has 0 amide bonds. The first kappa shape index (κ1) is 34.5. The monoisotopic (exact) mass is 590 g/mol. The van der Waals surface area contributed by atoms with Crippen LogP contribution in [0.1, 0.15) is 104 Å². The minimum absolute atomic E-state index is 0.727. The van der Waals surface area contributed by atoms with Crippen molar-refractivity contribution in [2.75, 3.05) is 58.9 Å². The van der Waals surface area contributed by atoms with Crippen LogP contribution in [0.5, 0.6) is 0 Å².